The fraction of sp³-hybridized carbons (Fsp3) is 0.0667. The van der Waals surface area contributed by atoms with Crippen molar-refractivity contribution in [1.29, 1.82) is 0 Å². The Labute approximate surface area is 118 Å². The second kappa shape index (κ2) is 4.90. The Morgan fingerprint density at radius 2 is 1.95 bits per heavy atom. The van der Waals surface area contributed by atoms with Crippen LogP contribution >= 0.6 is 0 Å². The molecule has 2 N–H and O–H groups in total. The smallest absolute Gasteiger partial charge is 0.337 e. The largest absolute Gasteiger partial charge is 0.478 e. The minimum absolute atomic E-state index is 0.0110. The minimum atomic E-state index is -1.13. The highest BCUT2D eigenvalue weighted by atomic mass is 19.1. The van der Waals surface area contributed by atoms with E-state index in [-0.39, 0.29) is 17.6 Å². The predicted molar refractivity (Wildman–Crippen MR) is 75.0 cm³/mol. The van der Waals surface area contributed by atoms with Crippen LogP contribution in [0.5, 0.6) is 0 Å². The topological polar surface area (TPSA) is 75.1 Å². The Balaban J connectivity index is 2.18. The summed E-state index contributed by atoms with van der Waals surface area (Å²) in [5.74, 6) is -1.53. The van der Waals surface area contributed by atoms with Crippen LogP contribution in [-0.4, -0.2) is 20.6 Å². The second-order valence-corrected chi connectivity index (χ2v) is 4.61. The minimum Gasteiger partial charge on any atom is -0.478 e. The van der Waals surface area contributed by atoms with Crippen LogP contribution in [0.4, 0.5) is 4.39 Å². The summed E-state index contributed by atoms with van der Waals surface area (Å²) in [5.41, 5.74) is 0.578. The number of halogens is 1. The van der Waals surface area contributed by atoms with Gasteiger partial charge in [0.25, 0.3) is 0 Å². The highest BCUT2D eigenvalue weighted by Gasteiger charge is 2.15. The molecule has 1 heterocycles. The van der Waals surface area contributed by atoms with Crippen LogP contribution in [0.25, 0.3) is 11.0 Å². The summed E-state index contributed by atoms with van der Waals surface area (Å²) in [6.07, 6.45) is 0. The lowest BCUT2D eigenvalue weighted by atomic mass is 10.1. The highest BCUT2D eigenvalue weighted by Crippen LogP contribution is 2.17. The Morgan fingerprint density at radius 1 is 1.19 bits per heavy atom. The van der Waals surface area contributed by atoms with Gasteiger partial charge in [0.05, 0.1) is 23.1 Å². The molecule has 6 heteroatoms. The molecule has 0 radical (unpaired) electrons. The number of aromatic carboxylic acids is 1. The van der Waals surface area contributed by atoms with E-state index in [0.29, 0.717) is 11.1 Å². The van der Waals surface area contributed by atoms with E-state index in [1.807, 2.05) is 0 Å². The molecule has 0 unspecified atom stereocenters. The third-order valence-corrected chi connectivity index (χ3v) is 3.33. The number of fused-ring (bicyclic) bond motifs is 1. The lowest BCUT2D eigenvalue weighted by Crippen LogP contribution is -2.17. The van der Waals surface area contributed by atoms with Crippen LogP contribution in [0, 0.1) is 5.82 Å². The van der Waals surface area contributed by atoms with Gasteiger partial charge in [0.15, 0.2) is 0 Å². The van der Waals surface area contributed by atoms with Crippen molar-refractivity contribution in [2.75, 3.05) is 0 Å². The van der Waals surface area contributed by atoms with E-state index < -0.39 is 17.5 Å². The van der Waals surface area contributed by atoms with Crippen molar-refractivity contribution in [3.8, 4) is 0 Å². The number of para-hydroxylation sites is 1. The Bertz CT molecular complexity index is 895. The Kier molecular flexibility index (Phi) is 3.06. The van der Waals surface area contributed by atoms with E-state index in [9.17, 15) is 14.0 Å². The van der Waals surface area contributed by atoms with Crippen molar-refractivity contribution in [2.24, 2.45) is 0 Å². The molecule has 0 amide bonds. The van der Waals surface area contributed by atoms with Crippen LogP contribution in [0.3, 0.4) is 0 Å². The zero-order chi connectivity index (χ0) is 15.0. The van der Waals surface area contributed by atoms with Crippen molar-refractivity contribution in [1.82, 2.24) is 9.55 Å². The summed E-state index contributed by atoms with van der Waals surface area (Å²) in [6.45, 7) is 0.0363. The normalized spacial score (nSPS) is 10.9. The van der Waals surface area contributed by atoms with E-state index in [1.54, 1.807) is 30.3 Å². The second-order valence-electron chi connectivity index (χ2n) is 4.61. The van der Waals surface area contributed by atoms with Gasteiger partial charge in [0.1, 0.15) is 5.82 Å². The van der Waals surface area contributed by atoms with Crippen LogP contribution < -0.4 is 5.69 Å². The molecule has 0 aliphatic rings. The molecule has 0 spiro atoms. The van der Waals surface area contributed by atoms with E-state index in [0.717, 1.165) is 0 Å². The fourth-order valence-electron chi connectivity index (χ4n) is 2.31. The molecule has 1 aromatic heterocycles. The average molecular weight is 286 g/mol. The molecule has 106 valence electrons. The molecule has 2 aromatic carbocycles. The summed E-state index contributed by atoms with van der Waals surface area (Å²) in [5, 5.41) is 9.13. The maximum Gasteiger partial charge on any atom is 0.337 e. The SMILES string of the molecule is O=C(O)c1cccc2c1[nH]c(=O)n2Cc1ccccc1F. The van der Waals surface area contributed by atoms with Gasteiger partial charge < -0.3 is 10.1 Å². The van der Waals surface area contributed by atoms with Crippen molar-refractivity contribution in [3.63, 3.8) is 0 Å². The van der Waals surface area contributed by atoms with Crippen molar-refractivity contribution in [2.45, 2.75) is 6.54 Å². The molecule has 0 atom stereocenters. The zero-order valence-electron chi connectivity index (χ0n) is 10.8. The van der Waals surface area contributed by atoms with E-state index in [2.05, 4.69) is 4.98 Å². The number of hydrogen-bond donors (Lipinski definition) is 2. The molecule has 0 bridgehead atoms. The van der Waals surface area contributed by atoms with Crippen LogP contribution in [-0.2, 0) is 6.54 Å². The monoisotopic (exact) mass is 286 g/mol. The van der Waals surface area contributed by atoms with Gasteiger partial charge in [-0.1, -0.05) is 24.3 Å². The number of aromatic amines is 1. The first-order valence-electron chi connectivity index (χ1n) is 6.26. The summed E-state index contributed by atoms with van der Waals surface area (Å²) >= 11 is 0. The molecule has 3 aromatic rings. The first-order chi connectivity index (χ1) is 10.1. The van der Waals surface area contributed by atoms with E-state index >= 15 is 0 Å². The number of H-pyrrole nitrogens is 1. The number of rotatable bonds is 3. The Morgan fingerprint density at radius 3 is 2.67 bits per heavy atom. The predicted octanol–water partition coefficient (Wildman–Crippen LogP) is 2.22. The number of nitrogens with one attached hydrogen (secondary N) is 1. The van der Waals surface area contributed by atoms with Gasteiger partial charge in [0.2, 0.25) is 0 Å². The number of hydrogen-bond acceptors (Lipinski definition) is 2. The fourth-order valence-corrected chi connectivity index (χ4v) is 2.31. The number of benzene rings is 2. The molecule has 0 saturated carbocycles. The standard InChI is InChI=1S/C15H11FN2O3/c16-11-6-2-1-4-9(11)8-18-12-7-3-5-10(14(19)20)13(12)17-15(18)21/h1-7H,8H2,(H,17,21)(H,19,20). The van der Waals surface area contributed by atoms with Crippen LogP contribution in [0.15, 0.2) is 47.3 Å². The summed E-state index contributed by atoms with van der Waals surface area (Å²) in [6, 6.07) is 10.7. The molecule has 0 aliphatic heterocycles. The lowest BCUT2D eigenvalue weighted by molar-refractivity contribution is 0.0699. The van der Waals surface area contributed by atoms with Gasteiger partial charge in [-0.05, 0) is 18.2 Å². The van der Waals surface area contributed by atoms with Gasteiger partial charge in [-0.2, -0.15) is 0 Å². The third-order valence-electron chi connectivity index (χ3n) is 3.33. The molecular formula is C15H11FN2O3. The summed E-state index contributed by atoms with van der Waals surface area (Å²) in [4.78, 5) is 25.7. The van der Waals surface area contributed by atoms with Crippen molar-refractivity contribution in [3.05, 3.63) is 69.9 Å². The van der Waals surface area contributed by atoms with Crippen LogP contribution in [0.2, 0.25) is 0 Å². The van der Waals surface area contributed by atoms with E-state index in [1.165, 1.54) is 16.7 Å². The molecule has 21 heavy (non-hydrogen) atoms. The molecular weight excluding hydrogens is 275 g/mol. The van der Waals surface area contributed by atoms with Crippen molar-refractivity contribution < 1.29 is 14.3 Å². The highest BCUT2D eigenvalue weighted by molar-refractivity contribution is 6.00. The number of carboxylic acids is 1. The molecule has 3 rings (SSSR count). The first-order valence-corrected chi connectivity index (χ1v) is 6.26. The zero-order valence-corrected chi connectivity index (χ0v) is 10.8. The average Bonchev–Trinajstić information content (AvgIpc) is 2.77. The lowest BCUT2D eigenvalue weighted by Gasteiger charge is -2.05. The molecule has 5 nitrogen and oxygen atoms in total. The molecule has 0 aliphatic carbocycles. The number of imidazole rings is 1. The number of aromatic nitrogens is 2. The maximum atomic E-state index is 13.7. The van der Waals surface area contributed by atoms with Gasteiger partial charge >= 0.3 is 11.7 Å². The third kappa shape index (κ3) is 2.20. The van der Waals surface area contributed by atoms with E-state index in [4.69, 9.17) is 5.11 Å². The first kappa shape index (κ1) is 13.1. The number of carboxylic acid groups (broad SMARTS) is 1. The van der Waals surface area contributed by atoms with Gasteiger partial charge in [-0.25, -0.2) is 14.0 Å². The number of nitrogens with zero attached hydrogens (tertiary/aromatic N) is 1. The maximum absolute atomic E-state index is 13.7. The Hall–Kier alpha value is -2.89. The number of carbonyl (C=O) groups is 1. The quantitative estimate of drug-likeness (QED) is 0.775. The summed E-state index contributed by atoms with van der Waals surface area (Å²) < 4.78 is 15.0. The van der Waals surface area contributed by atoms with Gasteiger partial charge in [-0.15, -0.1) is 0 Å². The summed E-state index contributed by atoms with van der Waals surface area (Å²) in [7, 11) is 0. The van der Waals surface area contributed by atoms with Gasteiger partial charge in [-0.3, -0.25) is 4.57 Å². The molecule has 0 fully saturated rings. The van der Waals surface area contributed by atoms with Crippen molar-refractivity contribution >= 4 is 17.0 Å². The van der Waals surface area contributed by atoms with Gasteiger partial charge in [0, 0.05) is 5.56 Å². The van der Waals surface area contributed by atoms with Crippen LogP contribution in [0.1, 0.15) is 15.9 Å². The molecule has 0 saturated heterocycles.